The van der Waals surface area contributed by atoms with Crippen molar-refractivity contribution in [2.24, 2.45) is 0 Å². The van der Waals surface area contributed by atoms with Gasteiger partial charge in [-0.15, -0.1) is 0 Å². The Morgan fingerprint density at radius 2 is 1.81 bits per heavy atom. The van der Waals surface area contributed by atoms with Gasteiger partial charge < -0.3 is 19.8 Å². The second-order valence-electron chi connectivity index (χ2n) is 6.24. The van der Waals surface area contributed by atoms with Crippen molar-refractivity contribution in [3.63, 3.8) is 0 Å². The van der Waals surface area contributed by atoms with Crippen LogP contribution in [0.1, 0.15) is 21.5 Å². The van der Waals surface area contributed by atoms with E-state index in [1.807, 2.05) is 42.6 Å². The van der Waals surface area contributed by atoms with Crippen molar-refractivity contribution in [3.05, 3.63) is 71.4 Å². The molecule has 2 N–H and O–H groups in total. The Hall–Kier alpha value is -3.12. The van der Waals surface area contributed by atoms with Gasteiger partial charge in [0.25, 0.3) is 5.91 Å². The summed E-state index contributed by atoms with van der Waals surface area (Å²) in [4.78, 5) is 28.0. The molecular weight excluding hydrogens is 344 g/mol. The standard InChI is InChI=1S/C21H22N2O4/c1-26-13-14-7-9-15(10-8-14)20(24)23-19(21(25)27-2)11-16-12-22-18-6-4-3-5-17(16)18/h3-10,12,19,22H,11,13H2,1-2H3,(H,23,24). The van der Waals surface area contributed by atoms with Gasteiger partial charge in [0.2, 0.25) is 0 Å². The molecule has 1 amide bonds. The van der Waals surface area contributed by atoms with E-state index in [1.165, 1.54) is 7.11 Å². The van der Waals surface area contributed by atoms with Gasteiger partial charge in [-0.2, -0.15) is 0 Å². The van der Waals surface area contributed by atoms with Gasteiger partial charge in [0.05, 0.1) is 13.7 Å². The Bertz CT molecular complexity index is 931. The maximum absolute atomic E-state index is 12.6. The van der Waals surface area contributed by atoms with Crippen molar-refractivity contribution < 1.29 is 19.1 Å². The fourth-order valence-corrected chi connectivity index (χ4v) is 3.02. The van der Waals surface area contributed by atoms with E-state index in [2.05, 4.69) is 10.3 Å². The van der Waals surface area contributed by atoms with Crippen LogP contribution >= 0.6 is 0 Å². The molecule has 1 heterocycles. The number of nitrogens with one attached hydrogen (secondary N) is 2. The minimum Gasteiger partial charge on any atom is -0.467 e. The van der Waals surface area contributed by atoms with Gasteiger partial charge in [-0.05, 0) is 29.3 Å². The fourth-order valence-electron chi connectivity index (χ4n) is 3.02. The molecule has 2 aromatic carbocycles. The topological polar surface area (TPSA) is 80.4 Å². The molecule has 0 bridgehead atoms. The summed E-state index contributed by atoms with van der Waals surface area (Å²) in [5.41, 5.74) is 3.37. The van der Waals surface area contributed by atoms with Crippen LogP contribution in [0, 0.1) is 0 Å². The van der Waals surface area contributed by atoms with Crippen LogP contribution in [0.4, 0.5) is 0 Å². The summed E-state index contributed by atoms with van der Waals surface area (Å²) in [6.07, 6.45) is 2.19. The SMILES string of the molecule is COCc1ccc(C(=O)NC(Cc2c[nH]c3ccccc23)C(=O)OC)cc1. The van der Waals surface area contributed by atoms with Crippen LogP contribution in [-0.2, 0) is 27.3 Å². The number of H-pyrrole nitrogens is 1. The average molecular weight is 366 g/mol. The first-order valence-electron chi connectivity index (χ1n) is 8.64. The van der Waals surface area contributed by atoms with Crippen molar-refractivity contribution in [3.8, 4) is 0 Å². The molecular formula is C21H22N2O4. The minimum absolute atomic E-state index is 0.325. The lowest BCUT2D eigenvalue weighted by Crippen LogP contribution is -2.43. The first-order chi connectivity index (χ1) is 13.1. The maximum atomic E-state index is 12.6. The third-order valence-corrected chi connectivity index (χ3v) is 4.42. The van der Waals surface area contributed by atoms with Gasteiger partial charge in [0, 0.05) is 36.2 Å². The molecule has 6 nitrogen and oxygen atoms in total. The van der Waals surface area contributed by atoms with E-state index in [1.54, 1.807) is 19.2 Å². The number of carbonyl (C=O) groups excluding carboxylic acids is 2. The van der Waals surface area contributed by atoms with Gasteiger partial charge in [-0.1, -0.05) is 30.3 Å². The quantitative estimate of drug-likeness (QED) is 0.630. The molecule has 0 aliphatic heterocycles. The number of para-hydroxylation sites is 1. The van der Waals surface area contributed by atoms with E-state index in [9.17, 15) is 9.59 Å². The van der Waals surface area contributed by atoms with E-state index in [0.29, 0.717) is 18.6 Å². The molecule has 0 spiro atoms. The third kappa shape index (κ3) is 4.35. The molecule has 3 aromatic rings. The van der Waals surface area contributed by atoms with E-state index in [4.69, 9.17) is 9.47 Å². The number of hydrogen-bond acceptors (Lipinski definition) is 4. The number of esters is 1. The van der Waals surface area contributed by atoms with Crippen LogP contribution in [0.25, 0.3) is 10.9 Å². The highest BCUT2D eigenvalue weighted by Gasteiger charge is 2.23. The highest BCUT2D eigenvalue weighted by atomic mass is 16.5. The van der Waals surface area contributed by atoms with Crippen LogP contribution in [-0.4, -0.2) is 37.1 Å². The summed E-state index contributed by atoms with van der Waals surface area (Å²) in [5, 5.41) is 3.80. The number of ether oxygens (including phenoxy) is 2. The number of aromatic amines is 1. The van der Waals surface area contributed by atoms with Gasteiger partial charge >= 0.3 is 5.97 Å². The minimum atomic E-state index is -0.777. The molecule has 1 aromatic heterocycles. The number of methoxy groups -OCH3 is 2. The molecule has 3 rings (SSSR count). The summed E-state index contributed by atoms with van der Waals surface area (Å²) in [5.74, 6) is -0.807. The molecule has 6 heteroatoms. The van der Waals surface area contributed by atoms with Crippen LogP contribution in [0.2, 0.25) is 0 Å². The Morgan fingerprint density at radius 1 is 1.07 bits per heavy atom. The number of hydrogen-bond donors (Lipinski definition) is 2. The predicted octanol–water partition coefficient (Wildman–Crippen LogP) is 2.83. The Labute approximate surface area is 157 Å². The Kier molecular flexibility index (Phi) is 5.88. The summed E-state index contributed by atoms with van der Waals surface area (Å²) in [6.45, 7) is 0.479. The lowest BCUT2D eigenvalue weighted by Gasteiger charge is -2.16. The number of fused-ring (bicyclic) bond motifs is 1. The molecule has 140 valence electrons. The first-order valence-corrected chi connectivity index (χ1v) is 8.64. The van der Waals surface area contributed by atoms with Crippen LogP contribution in [0.5, 0.6) is 0 Å². The number of rotatable bonds is 7. The summed E-state index contributed by atoms with van der Waals surface area (Å²) in [7, 11) is 2.93. The fraction of sp³-hybridized carbons (Fsp3) is 0.238. The number of amides is 1. The van der Waals surface area contributed by atoms with E-state index in [-0.39, 0.29) is 5.91 Å². The highest BCUT2D eigenvalue weighted by Crippen LogP contribution is 2.19. The molecule has 0 radical (unpaired) electrons. The van der Waals surface area contributed by atoms with Crippen molar-refractivity contribution in [1.29, 1.82) is 0 Å². The molecule has 0 aliphatic rings. The van der Waals surface area contributed by atoms with Crippen molar-refractivity contribution in [1.82, 2.24) is 10.3 Å². The Morgan fingerprint density at radius 3 is 2.52 bits per heavy atom. The van der Waals surface area contributed by atoms with E-state index >= 15 is 0 Å². The van der Waals surface area contributed by atoms with Crippen molar-refractivity contribution >= 4 is 22.8 Å². The van der Waals surface area contributed by atoms with Crippen LogP contribution < -0.4 is 5.32 Å². The largest absolute Gasteiger partial charge is 0.467 e. The molecule has 0 saturated heterocycles. The molecule has 1 unspecified atom stereocenters. The lowest BCUT2D eigenvalue weighted by atomic mass is 10.0. The van der Waals surface area contributed by atoms with Gasteiger partial charge in [-0.3, -0.25) is 4.79 Å². The normalized spacial score (nSPS) is 11.9. The number of aromatic nitrogens is 1. The Balaban J connectivity index is 1.76. The smallest absolute Gasteiger partial charge is 0.328 e. The average Bonchev–Trinajstić information content (AvgIpc) is 3.10. The zero-order valence-corrected chi connectivity index (χ0v) is 15.3. The molecule has 27 heavy (non-hydrogen) atoms. The van der Waals surface area contributed by atoms with Crippen molar-refractivity contribution in [2.75, 3.05) is 14.2 Å². The second kappa shape index (κ2) is 8.51. The lowest BCUT2D eigenvalue weighted by molar-refractivity contribution is -0.142. The predicted molar refractivity (Wildman–Crippen MR) is 102 cm³/mol. The molecule has 1 atom stereocenters. The van der Waals surface area contributed by atoms with Crippen LogP contribution in [0.3, 0.4) is 0 Å². The van der Waals surface area contributed by atoms with Gasteiger partial charge in [0.1, 0.15) is 6.04 Å². The molecule has 0 fully saturated rings. The molecule has 0 aliphatic carbocycles. The van der Waals surface area contributed by atoms with Crippen LogP contribution in [0.15, 0.2) is 54.7 Å². The van der Waals surface area contributed by atoms with E-state index in [0.717, 1.165) is 22.0 Å². The summed E-state index contributed by atoms with van der Waals surface area (Å²) < 4.78 is 9.95. The summed E-state index contributed by atoms with van der Waals surface area (Å²) in [6, 6.07) is 14.1. The highest BCUT2D eigenvalue weighted by molar-refractivity contribution is 5.97. The first kappa shape index (κ1) is 18.7. The number of carbonyl (C=O) groups is 2. The van der Waals surface area contributed by atoms with E-state index < -0.39 is 12.0 Å². The van der Waals surface area contributed by atoms with Gasteiger partial charge in [-0.25, -0.2) is 4.79 Å². The monoisotopic (exact) mass is 366 g/mol. The third-order valence-electron chi connectivity index (χ3n) is 4.42. The van der Waals surface area contributed by atoms with Crippen molar-refractivity contribution in [2.45, 2.75) is 19.1 Å². The zero-order chi connectivity index (χ0) is 19.2. The number of benzene rings is 2. The summed E-state index contributed by atoms with van der Waals surface area (Å²) >= 11 is 0. The zero-order valence-electron chi connectivity index (χ0n) is 15.3. The molecule has 0 saturated carbocycles. The van der Waals surface area contributed by atoms with Gasteiger partial charge in [0.15, 0.2) is 0 Å². The second-order valence-corrected chi connectivity index (χ2v) is 6.24. The maximum Gasteiger partial charge on any atom is 0.328 e.